The Labute approximate surface area is 277 Å². The molecule has 3 aliphatic rings. The van der Waals surface area contributed by atoms with Gasteiger partial charge >= 0.3 is 0 Å². The maximum Gasteiger partial charge on any atom is 0.0729 e. The van der Waals surface area contributed by atoms with Gasteiger partial charge in [0.25, 0.3) is 0 Å². The molecule has 0 saturated carbocycles. The average molecular weight is 617 g/mol. The molecule has 1 atom stereocenters. The van der Waals surface area contributed by atoms with E-state index in [4.69, 9.17) is 9.97 Å². The van der Waals surface area contributed by atoms with Crippen LogP contribution < -0.4 is 0 Å². The van der Waals surface area contributed by atoms with Gasteiger partial charge in [-0.2, -0.15) is 0 Å². The molecule has 0 radical (unpaired) electrons. The zero-order valence-corrected chi connectivity index (χ0v) is 29.9. The van der Waals surface area contributed by atoms with Crippen LogP contribution in [0.3, 0.4) is 0 Å². The second-order valence-corrected chi connectivity index (χ2v) is 13.7. The van der Waals surface area contributed by atoms with E-state index in [0.29, 0.717) is 5.92 Å². The third kappa shape index (κ3) is 5.50. The summed E-state index contributed by atoms with van der Waals surface area (Å²) in [6, 6.07) is 7.15. The van der Waals surface area contributed by atoms with Crippen molar-refractivity contribution in [1.82, 2.24) is 19.9 Å². The first-order valence-corrected chi connectivity index (χ1v) is 18.7. The smallest absolute Gasteiger partial charge is 0.0729 e. The molecule has 0 amide bonds. The van der Waals surface area contributed by atoms with Crippen molar-refractivity contribution in [3.8, 4) is 0 Å². The highest BCUT2D eigenvalue weighted by atomic mass is 14.8. The maximum absolute atomic E-state index is 5.59. The molecule has 6 rings (SSSR count). The molecule has 0 spiro atoms. The number of hydrogen-bond donors (Lipinski definition) is 2. The fourth-order valence-corrected chi connectivity index (χ4v) is 8.75. The van der Waals surface area contributed by atoms with Crippen LogP contribution in [0.25, 0.3) is 44.4 Å². The zero-order valence-electron chi connectivity index (χ0n) is 29.9. The summed E-state index contributed by atoms with van der Waals surface area (Å²) in [4.78, 5) is 18.9. The number of unbranched alkanes of at least 4 members (excludes halogenated alkanes) is 4. The van der Waals surface area contributed by atoms with Crippen LogP contribution in [0, 0.1) is 5.92 Å². The minimum absolute atomic E-state index is 0.453. The number of aromatic amines is 2. The van der Waals surface area contributed by atoms with E-state index >= 15 is 0 Å². The standard InChI is InChI=1S/C42H56N4/c1-9-16-17-18-19-20-32-30(14-6)41-33-21-25(8)40-31(15-7)38(46-42(33)40)23-36-28(12-4)26(10-2)34(43-36)22-35-27(11-3)29(13-5)37(44-35)24-39(32)45-41/h22-25,43-44H,9-21H2,1-8H3. The topological polar surface area (TPSA) is 57.4 Å². The predicted molar refractivity (Wildman–Crippen MR) is 199 cm³/mol. The Morgan fingerprint density at radius 2 is 1.07 bits per heavy atom. The van der Waals surface area contributed by atoms with Crippen LogP contribution in [0.2, 0.25) is 0 Å². The van der Waals surface area contributed by atoms with Gasteiger partial charge in [-0.05, 0) is 126 Å². The summed E-state index contributed by atoms with van der Waals surface area (Å²) in [5.41, 5.74) is 22.6. The van der Waals surface area contributed by atoms with Crippen molar-refractivity contribution < 1.29 is 0 Å². The molecule has 5 heterocycles. The van der Waals surface area contributed by atoms with Crippen molar-refractivity contribution in [3.63, 3.8) is 0 Å². The predicted octanol–water partition coefficient (Wildman–Crippen LogP) is 11.8. The van der Waals surface area contributed by atoms with E-state index in [-0.39, 0.29) is 0 Å². The van der Waals surface area contributed by atoms with Gasteiger partial charge in [-0.1, -0.05) is 81.1 Å². The molecule has 0 fully saturated rings. The summed E-state index contributed by atoms with van der Waals surface area (Å²) in [5.74, 6) is 0.453. The number of aryl methyl sites for hydroxylation is 4. The highest BCUT2D eigenvalue weighted by Crippen LogP contribution is 2.48. The molecule has 46 heavy (non-hydrogen) atoms. The number of nitrogens with one attached hydrogen (secondary N) is 2. The van der Waals surface area contributed by atoms with Crippen LogP contribution in [0.5, 0.6) is 0 Å². The molecule has 3 aromatic rings. The van der Waals surface area contributed by atoms with Gasteiger partial charge in [-0.25, -0.2) is 9.97 Å². The number of H-pyrrole nitrogens is 2. The van der Waals surface area contributed by atoms with Gasteiger partial charge in [-0.15, -0.1) is 0 Å². The number of hydrogen-bond acceptors (Lipinski definition) is 2. The Balaban J connectivity index is 1.74. The van der Waals surface area contributed by atoms with Crippen molar-refractivity contribution >= 4 is 44.4 Å². The summed E-state index contributed by atoms with van der Waals surface area (Å²) in [6.45, 7) is 18.5. The monoisotopic (exact) mass is 616 g/mol. The second-order valence-electron chi connectivity index (χ2n) is 13.7. The molecule has 1 aliphatic carbocycles. The molecule has 244 valence electrons. The lowest BCUT2D eigenvalue weighted by Gasteiger charge is -2.09. The number of rotatable bonds is 12. The SMILES string of the molecule is CCCCCCCC1=C(CC)c2nc1cc1[nH]c(cc3[nH]c(cc4nc5c2CC(C)C5=C4CC)c(CC)c3CC)c(CC)c1CC. The van der Waals surface area contributed by atoms with E-state index in [1.165, 1.54) is 121 Å². The lowest BCUT2D eigenvalue weighted by atomic mass is 9.94. The molecule has 8 bridgehead atoms. The summed E-state index contributed by atoms with van der Waals surface area (Å²) < 4.78 is 0. The van der Waals surface area contributed by atoms with Crippen LogP contribution in [0.15, 0.2) is 18.2 Å². The van der Waals surface area contributed by atoms with Crippen LogP contribution in [0.4, 0.5) is 0 Å². The van der Waals surface area contributed by atoms with Crippen molar-refractivity contribution in [2.24, 2.45) is 5.92 Å². The number of allylic oxidation sites excluding steroid dienone is 4. The Kier molecular flexibility index (Phi) is 9.73. The lowest BCUT2D eigenvalue weighted by Crippen LogP contribution is -1.96. The fourth-order valence-electron chi connectivity index (χ4n) is 8.75. The van der Waals surface area contributed by atoms with E-state index in [2.05, 4.69) is 83.6 Å². The van der Waals surface area contributed by atoms with E-state index in [1.54, 1.807) is 0 Å². The summed E-state index contributed by atoms with van der Waals surface area (Å²) in [7, 11) is 0. The number of aromatic nitrogens is 4. The first kappa shape index (κ1) is 32.5. The van der Waals surface area contributed by atoms with Crippen LogP contribution >= 0.6 is 0 Å². The van der Waals surface area contributed by atoms with Gasteiger partial charge in [0.1, 0.15) is 0 Å². The van der Waals surface area contributed by atoms with Crippen molar-refractivity contribution in [2.45, 2.75) is 139 Å². The Bertz CT molecular complexity index is 1860. The first-order valence-electron chi connectivity index (χ1n) is 18.7. The van der Waals surface area contributed by atoms with E-state index in [1.807, 2.05) is 0 Å². The number of fused-ring (bicyclic) bond motifs is 8. The minimum Gasteiger partial charge on any atom is -0.355 e. The van der Waals surface area contributed by atoms with Gasteiger partial charge in [0.15, 0.2) is 0 Å². The lowest BCUT2D eigenvalue weighted by molar-refractivity contribution is 0.640. The van der Waals surface area contributed by atoms with Gasteiger partial charge < -0.3 is 9.97 Å². The number of nitrogens with zero attached hydrogens (tertiary/aromatic N) is 2. The fraction of sp³-hybridized carbons (Fsp3) is 0.524. The zero-order chi connectivity index (χ0) is 32.5. The van der Waals surface area contributed by atoms with E-state index in [9.17, 15) is 0 Å². The molecular formula is C42H56N4. The Morgan fingerprint density at radius 3 is 1.59 bits per heavy atom. The Hall–Kier alpha value is -3.40. The third-order valence-electron chi connectivity index (χ3n) is 11.0. The first-order chi connectivity index (χ1) is 22.4. The highest BCUT2D eigenvalue weighted by Gasteiger charge is 2.35. The second kappa shape index (κ2) is 13.8. The quantitative estimate of drug-likeness (QED) is 0.199. The van der Waals surface area contributed by atoms with Crippen LogP contribution in [0.1, 0.15) is 157 Å². The molecule has 0 aromatic carbocycles. The molecular weight excluding hydrogens is 560 g/mol. The largest absolute Gasteiger partial charge is 0.355 e. The summed E-state index contributed by atoms with van der Waals surface area (Å²) in [5, 5.41) is 0. The van der Waals surface area contributed by atoms with Gasteiger partial charge in [0, 0.05) is 27.6 Å². The summed E-state index contributed by atoms with van der Waals surface area (Å²) in [6.07, 6.45) is 14.6. The molecule has 4 heteroatoms. The molecule has 0 saturated heterocycles. The molecule has 4 nitrogen and oxygen atoms in total. The summed E-state index contributed by atoms with van der Waals surface area (Å²) >= 11 is 0. The Morgan fingerprint density at radius 1 is 0.565 bits per heavy atom. The van der Waals surface area contributed by atoms with Gasteiger partial charge in [0.2, 0.25) is 0 Å². The van der Waals surface area contributed by atoms with E-state index in [0.717, 1.165) is 57.1 Å². The van der Waals surface area contributed by atoms with Gasteiger partial charge in [-0.3, -0.25) is 0 Å². The van der Waals surface area contributed by atoms with E-state index < -0.39 is 0 Å². The van der Waals surface area contributed by atoms with Crippen molar-refractivity contribution in [1.29, 1.82) is 0 Å². The van der Waals surface area contributed by atoms with Crippen LogP contribution in [-0.2, 0) is 32.1 Å². The molecule has 3 aromatic heterocycles. The normalized spacial score (nSPS) is 16.0. The van der Waals surface area contributed by atoms with Crippen molar-refractivity contribution in [2.75, 3.05) is 0 Å². The highest BCUT2D eigenvalue weighted by molar-refractivity contribution is 6.00. The maximum atomic E-state index is 5.59. The van der Waals surface area contributed by atoms with Crippen molar-refractivity contribution in [3.05, 3.63) is 68.8 Å². The van der Waals surface area contributed by atoms with Crippen LogP contribution in [-0.4, -0.2) is 19.9 Å². The molecule has 2 aliphatic heterocycles. The molecule has 2 N–H and O–H groups in total. The molecule has 1 unspecified atom stereocenters. The third-order valence-corrected chi connectivity index (χ3v) is 11.0. The minimum atomic E-state index is 0.453. The average Bonchev–Trinajstić information content (AvgIpc) is 3.84. The van der Waals surface area contributed by atoms with Gasteiger partial charge in [0.05, 0.1) is 22.8 Å².